The van der Waals surface area contributed by atoms with Crippen molar-refractivity contribution in [2.75, 3.05) is 13.1 Å². The Morgan fingerprint density at radius 2 is 2.27 bits per heavy atom. The van der Waals surface area contributed by atoms with Crippen LogP contribution in [0.5, 0.6) is 0 Å². The lowest BCUT2D eigenvalue weighted by atomic mass is 10.0. The van der Waals surface area contributed by atoms with E-state index in [1.54, 1.807) is 6.26 Å². The molecule has 1 aliphatic heterocycles. The number of benzene rings is 1. The first-order chi connectivity index (χ1) is 10.7. The van der Waals surface area contributed by atoms with Crippen molar-refractivity contribution in [2.45, 2.75) is 32.4 Å². The van der Waals surface area contributed by atoms with E-state index in [2.05, 4.69) is 41.4 Å². The van der Waals surface area contributed by atoms with E-state index in [4.69, 9.17) is 4.42 Å². The molecular formula is C18H22N2O2. The molecule has 1 N–H and O–H groups in total. The van der Waals surface area contributed by atoms with Crippen LogP contribution in [0, 0.1) is 6.92 Å². The summed E-state index contributed by atoms with van der Waals surface area (Å²) < 4.78 is 5.23. The predicted octanol–water partition coefficient (Wildman–Crippen LogP) is 3.04. The largest absolute Gasteiger partial charge is 0.467 e. The van der Waals surface area contributed by atoms with Gasteiger partial charge in [-0.1, -0.05) is 29.8 Å². The molecule has 1 aromatic carbocycles. The fourth-order valence-corrected chi connectivity index (χ4v) is 3.11. The Labute approximate surface area is 131 Å². The zero-order chi connectivity index (χ0) is 15.4. The number of nitrogens with zero attached hydrogens (tertiary/aromatic N) is 1. The molecule has 1 aromatic heterocycles. The van der Waals surface area contributed by atoms with Gasteiger partial charge >= 0.3 is 0 Å². The lowest BCUT2D eigenvalue weighted by Gasteiger charge is -2.24. The normalized spacial score (nSPS) is 18.5. The van der Waals surface area contributed by atoms with Gasteiger partial charge in [0.05, 0.1) is 19.4 Å². The molecule has 4 heteroatoms. The molecule has 1 fully saturated rings. The molecule has 1 saturated heterocycles. The minimum absolute atomic E-state index is 0.0518. The molecule has 1 amide bonds. The summed E-state index contributed by atoms with van der Waals surface area (Å²) >= 11 is 0. The molecule has 1 unspecified atom stereocenters. The predicted molar refractivity (Wildman–Crippen MR) is 85.3 cm³/mol. The quantitative estimate of drug-likeness (QED) is 0.923. The van der Waals surface area contributed by atoms with Gasteiger partial charge in [-0.15, -0.1) is 0 Å². The second kappa shape index (κ2) is 6.79. The Morgan fingerprint density at radius 1 is 1.36 bits per heavy atom. The Kier molecular flexibility index (Phi) is 4.59. The molecule has 1 aliphatic rings. The van der Waals surface area contributed by atoms with Gasteiger partial charge in [0.1, 0.15) is 5.76 Å². The lowest BCUT2D eigenvalue weighted by Crippen LogP contribution is -2.36. The highest BCUT2D eigenvalue weighted by atomic mass is 16.3. The Balaban J connectivity index is 1.57. The Morgan fingerprint density at radius 3 is 3.05 bits per heavy atom. The highest BCUT2D eigenvalue weighted by molar-refractivity contribution is 5.78. The van der Waals surface area contributed by atoms with Gasteiger partial charge in [-0.05, 0) is 44.0 Å². The van der Waals surface area contributed by atoms with Crippen LogP contribution in [0.1, 0.15) is 35.8 Å². The smallest absolute Gasteiger partial charge is 0.234 e. The maximum absolute atomic E-state index is 12.1. The van der Waals surface area contributed by atoms with Gasteiger partial charge in [-0.2, -0.15) is 0 Å². The minimum Gasteiger partial charge on any atom is -0.467 e. The average molecular weight is 298 g/mol. The van der Waals surface area contributed by atoms with Crippen molar-refractivity contribution in [2.24, 2.45) is 0 Å². The molecule has 2 aromatic rings. The molecule has 0 bridgehead atoms. The molecule has 116 valence electrons. The van der Waals surface area contributed by atoms with Crippen molar-refractivity contribution in [3.8, 4) is 0 Å². The van der Waals surface area contributed by atoms with Gasteiger partial charge in [0, 0.05) is 6.04 Å². The van der Waals surface area contributed by atoms with Gasteiger partial charge in [0.25, 0.3) is 0 Å². The van der Waals surface area contributed by atoms with Crippen LogP contribution in [-0.2, 0) is 11.3 Å². The highest BCUT2D eigenvalue weighted by Crippen LogP contribution is 2.31. The lowest BCUT2D eigenvalue weighted by molar-refractivity contribution is -0.122. The number of furan rings is 1. The van der Waals surface area contributed by atoms with Crippen LogP contribution in [-0.4, -0.2) is 23.9 Å². The van der Waals surface area contributed by atoms with Crippen LogP contribution < -0.4 is 5.32 Å². The van der Waals surface area contributed by atoms with E-state index < -0.39 is 0 Å². The molecule has 0 aliphatic carbocycles. The van der Waals surface area contributed by atoms with E-state index in [1.165, 1.54) is 11.1 Å². The molecule has 4 nitrogen and oxygen atoms in total. The molecule has 2 heterocycles. The van der Waals surface area contributed by atoms with Gasteiger partial charge in [0.2, 0.25) is 5.91 Å². The van der Waals surface area contributed by atoms with Crippen molar-refractivity contribution in [3.63, 3.8) is 0 Å². The third kappa shape index (κ3) is 3.57. The van der Waals surface area contributed by atoms with Gasteiger partial charge in [-0.3, -0.25) is 9.69 Å². The number of hydrogen-bond acceptors (Lipinski definition) is 3. The zero-order valence-corrected chi connectivity index (χ0v) is 12.9. The SMILES string of the molecule is Cc1cccc(C2CCCN2CC(=O)NCc2ccco2)c1. The topological polar surface area (TPSA) is 45.5 Å². The molecule has 0 spiro atoms. The summed E-state index contributed by atoms with van der Waals surface area (Å²) in [4.78, 5) is 14.4. The van der Waals surface area contributed by atoms with Gasteiger partial charge in [-0.25, -0.2) is 0 Å². The third-order valence-electron chi connectivity index (χ3n) is 4.18. The zero-order valence-electron chi connectivity index (χ0n) is 12.9. The number of nitrogens with one attached hydrogen (secondary N) is 1. The fourth-order valence-electron chi connectivity index (χ4n) is 3.11. The van der Waals surface area contributed by atoms with Crippen LogP contribution in [0.3, 0.4) is 0 Å². The molecule has 3 rings (SSSR count). The summed E-state index contributed by atoms with van der Waals surface area (Å²) in [7, 11) is 0. The molecule has 0 saturated carbocycles. The molecular weight excluding hydrogens is 276 g/mol. The molecule has 0 radical (unpaired) electrons. The van der Waals surface area contributed by atoms with E-state index in [9.17, 15) is 4.79 Å². The summed E-state index contributed by atoms with van der Waals surface area (Å²) in [5.74, 6) is 0.834. The van der Waals surface area contributed by atoms with Crippen LogP contribution in [0.2, 0.25) is 0 Å². The fraction of sp³-hybridized carbons (Fsp3) is 0.389. The number of carbonyl (C=O) groups excluding carboxylic acids is 1. The second-order valence-electron chi connectivity index (χ2n) is 5.90. The van der Waals surface area contributed by atoms with Crippen LogP contribution >= 0.6 is 0 Å². The minimum atomic E-state index is 0.0518. The number of carbonyl (C=O) groups is 1. The van der Waals surface area contributed by atoms with Crippen molar-refractivity contribution in [3.05, 3.63) is 59.5 Å². The summed E-state index contributed by atoms with van der Waals surface area (Å²) in [6.45, 7) is 3.99. The summed E-state index contributed by atoms with van der Waals surface area (Å²) in [6, 6.07) is 12.6. The first-order valence-corrected chi connectivity index (χ1v) is 7.82. The van der Waals surface area contributed by atoms with Crippen LogP contribution in [0.15, 0.2) is 47.1 Å². The Hall–Kier alpha value is -2.07. The maximum atomic E-state index is 12.1. The maximum Gasteiger partial charge on any atom is 0.234 e. The third-order valence-corrected chi connectivity index (χ3v) is 4.18. The van der Waals surface area contributed by atoms with Gasteiger partial charge < -0.3 is 9.73 Å². The number of amides is 1. The van der Waals surface area contributed by atoms with E-state index in [-0.39, 0.29) is 5.91 Å². The standard InChI is InChI=1S/C18H22N2O2/c1-14-5-2-6-15(11-14)17-8-3-9-20(17)13-18(21)19-12-16-7-4-10-22-16/h2,4-7,10-11,17H,3,8-9,12-13H2,1H3,(H,19,21). The van der Waals surface area contributed by atoms with Gasteiger partial charge in [0.15, 0.2) is 0 Å². The van der Waals surface area contributed by atoms with Crippen LogP contribution in [0.25, 0.3) is 0 Å². The Bertz CT molecular complexity index is 622. The first-order valence-electron chi connectivity index (χ1n) is 7.82. The monoisotopic (exact) mass is 298 g/mol. The first kappa shape index (κ1) is 14.9. The van der Waals surface area contributed by atoms with E-state index in [1.807, 2.05) is 12.1 Å². The summed E-state index contributed by atoms with van der Waals surface area (Å²) in [6.07, 6.45) is 3.88. The van der Waals surface area contributed by atoms with Crippen LogP contribution in [0.4, 0.5) is 0 Å². The van der Waals surface area contributed by atoms with E-state index >= 15 is 0 Å². The highest BCUT2D eigenvalue weighted by Gasteiger charge is 2.27. The number of hydrogen-bond donors (Lipinski definition) is 1. The van der Waals surface area contributed by atoms with E-state index in [0.29, 0.717) is 19.1 Å². The molecule has 22 heavy (non-hydrogen) atoms. The van der Waals surface area contributed by atoms with E-state index in [0.717, 1.165) is 25.1 Å². The van der Waals surface area contributed by atoms with Crippen molar-refractivity contribution in [1.29, 1.82) is 0 Å². The van der Waals surface area contributed by atoms with Crippen molar-refractivity contribution in [1.82, 2.24) is 10.2 Å². The van der Waals surface area contributed by atoms with Crippen molar-refractivity contribution < 1.29 is 9.21 Å². The second-order valence-corrected chi connectivity index (χ2v) is 5.90. The number of rotatable bonds is 5. The number of aryl methyl sites for hydroxylation is 1. The van der Waals surface area contributed by atoms with Crippen molar-refractivity contribution >= 4 is 5.91 Å². The number of likely N-dealkylation sites (tertiary alicyclic amines) is 1. The molecule has 1 atom stereocenters. The summed E-state index contributed by atoms with van der Waals surface area (Å²) in [5, 5.41) is 2.92. The average Bonchev–Trinajstić information content (AvgIpc) is 3.16. The summed E-state index contributed by atoms with van der Waals surface area (Å²) in [5.41, 5.74) is 2.59.